The minimum atomic E-state index is -0.198. The molecule has 0 atom stereocenters. The van der Waals surface area contributed by atoms with Crippen LogP contribution in [0.5, 0.6) is 0 Å². The third-order valence-corrected chi connectivity index (χ3v) is 5.81. The summed E-state index contributed by atoms with van der Waals surface area (Å²) in [5.74, 6) is -0.198. The smallest absolute Gasteiger partial charge is 0.278 e. The largest absolute Gasteiger partial charge is 0.325 e. The lowest BCUT2D eigenvalue weighted by atomic mass is 10.1. The lowest BCUT2D eigenvalue weighted by Crippen LogP contribution is -2.25. The quantitative estimate of drug-likeness (QED) is 0.436. The molecule has 1 amide bonds. The van der Waals surface area contributed by atoms with Crippen LogP contribution in [0.1, 0.15) is 16.7 Å². The van der Waals surface area contributed by atoms with Gasteiger partial charge in [-0.1, -0.05) is 59.7 Å². The fourth-order valence-corrected chi connectivity index (χ4v) is 4.15. The van der Waals surface area contributed by atoms with E-state index in [9.17, 15) is 9.59 Å². The average molecular weight is 437 g/mol. The van der Waals surface area contributed by atoms with Gasteiger partial charge in [0, 0.05) is 11.1 Å². The molecule has 2 heterocycles. The van der Waals surface area contributed by atoms with Crippen molar-refractivity contribution in [2.24, 2.45) is 0 Å². The van der Waals surface area contributed by atoms with Gasteiger partial charge in [0.05, 0.1) is 18.4 Å². The Morgan fingerprint density at radius 1 is 0.939 bits per heavy atom. The highest BCUT2D eigenvalue weighted by atomic mass is 16.2. The maximum Gasteiger partial charge on any atom is 0.278 e. The third-order valence-electron chi connectivity index (χ3n) is 5.81. The normalized spacial score (nSPS) is 11.2. The van der Waals surface area contributed by atoms with Gasteiger partial charge in [-0.2, -0.15) is 0 Å². The van der Waals surface area contributed by atoms with Crippen LogP contribution in [0.3, 0.4) is 0 Å². The predicted molar refractivity (Wildman–Crippen MR) is 132 cm³/mol. The lowest BCUT2D eigenvalue weighted by Gasteiger charge is -2.10. The molecule has 0 spiro atoms. The van der Waals surface area contributed by atoms with Gasteiger partial charge in [0.25, 0.3) is 5.56 Å². The van der Waals surface area contributed by atoms with Crippen LogP contribution in [-0.2, 0) is 17.9 Å². The molecule has 0 aliphatic heterocycles. The van der Waals surface area contributed by atoms with Crippen molar-refractivity contribution in [2.75, 3.05) is 5.32 Å². The van der Waals surface area contributed by atoms with Crippen molar-refractivity contribution in [3.63, 3.8) is 0 Å². The van der Waals surface area contributed by atoms with Crippen LogP contribution < -0.4 is 10.9 Å². The minimum Gasteiger partial charge on any atom is -0.325 e. The summed E-state index contributed by atoms with van der Waals surface area (Å²) in [5, 5.41) is 3.81. The molecule has 0 radical (unpaired) electrons. The second kappa shape index (κ2) is 8.39. The Bertz CT molecular complexity index is 1530. The van der Waals surface area contributed by atoms with E-state index in [4.69, 9.17) is 0 Å². The van der Waals surface area contributed by atoms with Crippen molar-refractivity contribution in [2.45, 2.75) is 26.9 Å². The van der Waals surface area contributed by atoms with Gasteiger partial charge in [-0.05, 0) is 43.7 Å². The van der Waals surface area contributed by atoms with E-state index in [1.54, 1.807) is 15.5 Å². The first-order chi connectivity index (χ1) is 16.0. The van der Waals surface area contributed by atoms with Crippen molar-refractivity contribution < 1.29 is 4.79 Å². The SMILES string of the molecule is Cc1ccc(NC(=O)Cn2c3ccc(C)cc3c3ncn(Cc4ccccc4)c(=O)c32)cc1. The Balaban J connectivity index is 1.60. The highest BCUT2D eigenvalue weighted by Crippen LogP contribution is 2.26. The maximum absolute atomic E-state index is 13.6. The zero-order valence-electron chi connectivity index (χ0n) is 18.6. The Kier molecular flexibility index (Phi) is 5.26. The molecule has 3 aromatic carbocycles. The number of fused-ring (bicyclic) bond motifs is 3. The molecule has 2 aromatic heterocycles. The van der Waals surface area contributed by atoms with Crippen molar-refractivity contribution in [3.05, 3.63) is 106 Å². The number of benzene rings is 3. The summed E-state index contributed by atoms with van der Waals surface area (Å²) in [7, 11) is 0. The van der Waals surface area contributed by atoms with Crippen molar-refractivity contribution in [3.8, 4) is 0 Å². The molecular formula is C27H24N4O2. The Morgan fingerprint density at radius 3 is 2.42 bits per heavy atom. The molecule has 33 heavy (non-hydrogen) atoms. The second-order valence-electron chi connectivity index (χ2n) is 8.38. The van der Waals surface area contributed by atoms with Gasteiger partial charge >= 0.3 is 0 Å². The van der Waals surface area contributed by atoms with E-state index in [-0.39, 0.29) is 18.0 Å². The number of carbonyl (C=O) groups excluding carboxylic acids is 1. The van der Waals surface area contributed by atoms with E-state index < -0.39 is 0 Å². The summed E-state index contributed by atoms with van der Waals surface area (Å²) in [4.78, 5) is 31.1. The number of amides is 1. The van der Waals surface area contributed by atoms with Gasteiger partial charge in [-0.15, -0.1) is 0 Å². The fourth-order valence-electron chi connectivity index (χ4n) is 4.15. The third kappa shape index (κ3) is 4.03. The molecule has 0 fully saturated rings. The first kappa shape index (κ1) is 20.7. The zero-order chi connectivity index (χ0) is 22.9. The predicted octanol–water partition coefficient (Wildman–Crippen LogP) is 4.66. The summed E-state index contributed by atoms with van der Waals surface area (Å²) in [5.41, 5.74) is 5.63. The number of hydrogen-bond donors (Lipinski definition) is 1. The Morgan fingerprint density at radius 2 is 1.67 bits per heavy atom. The molecular weight excluding hydrogens is 412 g/mol. The summed E-state index contributed by atoms with van der Waals surface area (Å²) in [6, 6.07) is 23.4. The standard InChI is InChI=1S/C27H24N4O2/c1-18-8-11-21(12-9-18)29-24(32)16-31-23-13-10-19(2)14-22(23)25-26(31)27(33)30(17-28-25)15-20-6-4-3-5-7-20/h3-14,17H,15-16H2,1-2H3,(H,29,32). The van der Waals surface area contributed by atoms with Crippen molar-refractivity contribution in [1.82, 2.24) is 14.1 Å². The highest BCUT2D eigenvalue weighted by Gasteiger charge is 2.19. The highest BCUT2D eigenvalue weighted by molar-refractivity contribution is 6.06. The topological polar surface area (TPSA) is 68.9 Å². The van der Waals surface area contributed by atoms with Gasteiger partial charge < -0.3 is 9.88 Å². The van der Waals surface area contributed by atoms with E-state index in [1.165, 1.54) is 0 Å². The number of carbonyl (C=O) groups is 1. The van der Waals surface area contributed by atoms with Crippen LogP contribution >= 0.6 is 0 Å². The van der Waals surface area contributed by atoms with E-state index in [0.29, 0.717) is 17.6 Å². The van der Waals surface area contributed by atoms with Gasteiger partial charge in [0.1, 0.15) is 17.6 Å². The summed E-state index contributed by atoms with van der Waals surface area (Å²) in [6.45, 7) is 4.43. The molecule has 0 aliphatic carbocycles. The van der Waals surface area contributed by atoms with Crippen LogP contribution in [0.25, 0.3) is 21.9 Å². The average Bonchev–Trinajstić information content (AvgIpc) is 3.11. The summed E-state index contributed by atoms with van der Waals surface area (Å²) in [6.07, 6.45) is 1.59. The lowest BCUT2D eigenvalue weighted by molar-refractivity contribution is -0.116. The molecule has 0 unspecified atom stereocenters. The molecule has 5 rings (SSSR count). The van der Waals surface area contributed by atoms with Gasteiger partial charge in [0.2, 0.25) is 5.91 Å². The van der Waals surface area contributed by atoms with E-state index in [2.05, 4.69) is 10.3 Å². The number of aromatic nitrogens is 3. The number of nitrogens with one attached hydrogen (secondary N) is 1. The first-order valence-electron chi connectivity index (χ1n) is 10.9. The minimum absolute atomic E-state index is 0.0171. The summed E-state index contributed by atoms with van der Waals surface area (Å²) >= 11 is 0. The Hall–Kier alpha value is -4.19. The van der Waals surface area contributed by atoms with Crippen LogP contribution in [0.2, 0.25) is 0 Å². The molecule has 0 saturated heterocycles. The van der Waals surface area contributed by atoms with Crippen molar-refractivity contribution >= 4 is 33.5 Å². The number of hydrogen-bond acceptors (Lipinski definition) is 3. The number of rotatable bonds is 5. The van der Waals surface area contributed by atoms with Crippen LogP contribution in [0.15, 0.2) is 83.9 Å². The number of nitrogens with zero attached hydrogens (tertiary/aromatic N) is 3. The molecule has 164 valence electrons. The monoisotopic (exact) mass is 436 g/mol. The molecule has 6 heteroatoms. The molecule has 1 N–H and O–H groups in total. The van der Waals surface area contributed by atoms with Gasteiger partial charge in [-0.25, -0.2) is 4.98 Å². The van der Waals surface area contributed by atoms with Crippen molar-refractivity contribution in [1.29, 1.82) is 0 Å². The molecule has 0 bridgehead atoms. The van der Waals surface area contributed by atoms with E-state index in [0.717, 1.165) is 33.3 Å². The van der Waals surface area contributed by atoms with E-state index in [1.807, 2.05) is 86.6 Å². The fraction of sp³-hybridized carbons (Fsp3) is 0.148. The molecule has 6 nitrogen and oxygen atoms in total. The summed E-state index contributed by atoms with van der Waals surface area (Å²) < 4.78 is 3.38. The number of anilines is 1. The van der Waals surface area contributed by atoms with E-state index >= 15 is 0 Å². The van der Waals surface area contributed by atoms with Crippen LogP contribution in [0, 0.1) is 13.8 Å². The van der Waals surface area contributed by atoms with Gasteiger partial charge in [0.15, 0.2) is 0 Å². The molecule has 5 aromatic rings. The van der Waals surface area contributed by atoms with Crippen LogP contribution in [0.4, 0.5) is 5.69 Å². The molecule has 0 saturated carbocycles. The second-order valence-corrected chi connectivity index (χ2v) is 8.38. The zero-order valence-corrected chi connectivity index (χ0v) is 18.6. The maximum atomic E-state index is 13.6. The van der Waals surface area contributed by atoms with Crippen LogP contribution in [-0.4, -0.2) is 20.0 Å². The molecule has 0 aliphatic rings. The van der Waals surface area contributed by atoms with Gasteiger partial charge in [-0.3, -0.25) is 14.2 Å². The Labute approximate surface area is 191 Å². The number of aryl methyl sites for hydroxylation is 2. The first-order valence-corrected chi connectivity index (χ1v) is 10.9.